The minimum atomic E-state index is -1.29. The van der Waals surface area contributed by atoms with Crippen molar-refractivity contribution in [3.63, 3.8) is 0 Å². The van der Waals surface area contributed by atoms with Crippen molar-refractivity contribution in [2.24, 2.45) is 0 Å². The van der Waals surface area contributed by atoms with Gasteiger partial charge in [-0.05, 0) is 18.2 Å². The lowest BCUT2D eigenvalue weighted by molar-refractivity contribution is 0.0695. The molecule has 2 rings (SSSR count). The van der Waals surface area contributed by atoms with Crippen molar-refractivity contribution in [1.82, 2.24) is 4.40 Å². The molecule has 0 atom stereocenters. The third kappa shape index (κ3) is 1.46. The minimum Gasteiger partial charge on any atom is -0.477 e. The normalized spacial score (nSPS) is 10.6. The minimum absolute atomic E-state index is 0.325. The van der Waals surface area contributed by atoms with Crippen molar-refractivity contribution >= 4 is 11.5 Å². The van der Waals surface area contributed by atoms with E-state index in [1.54, 1.807) is 6.07 Å². The molecule has 0 spiro atoms. The average Bonchev–Trinajstić information content (AvgIpc) is 2.28. The van der Waals surface area contributed by atoms with E-state index in [0.29, 0.717) is 11.1 Å². The lowest BCUT2D eigenvalue weighted by atomic mass is 10.2. The molecule has 1 N–H and O–H groups in total. The van der Waals surface area contributed by atoms with Crippen molar-refractivity contribution in [3.8, 4) is 0 Å². The molecule has 0 radical (unpaired) electrons. The van der Waals surface area contributed by atoms with Crippen LogP contribution in [0.4, 0.5) is 4.39 Å². The lowest BCUT2D eigenvalue weighted by Crippen LogP contribution is -2.21. The van der Waals surface area contributed by atoms with Crippen LogP contribution in [0.1, 0.15) is 15.9 Å². The highest BCUT2D eigenvalue weighted by Crippen LogP contribution is 2.10. The van der Waals surface area contributed by atoms with Gasteiger partial charge < -0.3 is 5.11 Å². The van der Waals surface area contributed by atoms with Crippen LogP contribution in [0.3, 0.4) is 0 Å². The molecule has 0 fully saturated rings. The molecule has 0 bridgehead atoms. The molecule has 2 aromatic heterocycles. The van der Waals surface area contributed by atoms with Crippen LogP contribution >= 0.6 is 0 Å². The molecule has 0 aliphatic carbocycles. The zero-order chi connectivity index (χ0) is 11.7. The van der Waals surface area contributed by atoms with Crippen molar-refractivity contribution in [2.45, 2.75) is 6.67 Å². The van der Waals surface area contributed by atoms with Crippen LogP contribution in [0, 0.1) is 0 Å². The molecule has 2 heterocycles. The zero-order valence-electron chi connectivity index (χ0n) is 8.18. The van der Waals surface area contributed by atoms with Gasteiger partial charge in [-0.3, -0.25) is 9.20 Å². The summed E-state index contributed by atoms with van der Waals surface area (Å²) in [5, 5.41) is 8.76. The molecule has 0 aromatic carbocycles. The molecule has 4 nitrogen and oxygen atoms in total. The van der Waals surface area contributed by atoms with Crippen LogP contribution in [0.25, 0.3) is 5.52 Å². The number of carboxylic acids is 1. The number of hydrogen-bond donors (Lipinski definition) is 1. The Labute approximate surface area is 89.6 Å². The van der Waals surface area contributed by atoms with E-state index in [4.69, 9.17) is 5.11 Å². The summed E-state index contributed by atoms with van der Waals surface area (Å²) in [6.45, 7) is -0.698. The van der Waals surface area contributed by atoms with Crippen LogP contribution in [0.2, 0.25) is 0 Å². The standard InChI is InChI=1S/C11H8FNO3/c12-6-7-2-1-5-13-9(7)4-3-8(10(13)14)11(15)16/h1-5H,6H2,(H,15,16). The third-order valence-corrected chi connectivity index (χ3v) is 2.35. The number of pyridine rings is 2. The first kappa shape index (κ1) is 10.4. The first-order chi connectivity index (χ1) is 7.65. The Morgan fingerprint density at radius 2 is 2.12 bits per heavy atom. The number of aromatic nitrogens is 1. The number of fused-ring (bicyclic) bond motifs is 1. The highest BCUT2D eigenvalue weighted by molar-refractivity contribution is 5.87. The number of halogens is 1. The van der Waals surface area contributed by atoms with E-state index in [1.165, 1.54) is 24.4 Å². The molecule has 0 saturated carbocycles. The summed E-state index contributed by atoms with van der Waals surface area (Å²) < 4.78 is 13.8. The molecular formula is C11H8FNO3. The van der Waals surface area contributed by atoms with Gasteiger partial charge in [-0.15, -0.1) is 0 Å². The van der Waals surface area contributed by atoms with Gasteiger partial charge in [-0.25, -0.2) is 9.18 Å². The Balaban J connectivity index is 2.87. The summed E-state index contributed by atoms with van der Waals surface area (Å²) in [4.78, 5) is 22.4. The first-order valence-electron chi connectivity index (χ1n) is 4.57. The Morgan fingerprint density at radius 1 is 1.38 bits per heavy atom. The lowest BCUT2D eigenvalue weighted by Gasteiger charge is -2.05. The monoisotopic (exact) mass is 221 g/mol. The molecule has 0 amide bonds. The summed E-state index contributed by atoms with van der Waals surface area (Å²) in [6.07, 6.45) is 1.42. The molecule has 0 unspecified atom stereocenters. The van der Waals surface area contributed by atoms with Gasteiger partial charge in [0.25, 0.3) is 5.56 Å². The fourth-order valence-electron chi connectivity index (χ4n) is 1.57. The van der Waals surface area contributed by atoms with Crippen LogP contribution in [-0.2, 0) is 6.67 Å². The summed E-state index contributed by atoms with van der Waals surface area (Å²) in [5.41, 5.74) is -0.231. The maximum absolute atomic E-state index is 12.6. The third-order valence-electron chi connectivity index (χ3n) is 2.35. The van der Waals surface area contributed by atoms with Gasteiger partial charge in [-0.1, -0.05) is 6.07 Å². The van der Waals surface area contributed by atoms with Gasteiger partial charge in [-0.2, -0.15) is 0 Å². The predicted molar refractivity (Wildman–Crippen MR) is 55.4 cm³/mol. The fourth-order valence-corrected chi connectivity index (χ4v) is 1.57. The van der Waals surface area contributed by atoms with Crippen LogP contribution < -0.4 is 5.56 Å². The number of alkyl halides is 1. The van der Waals surface area contributed by atoms with E-state index in [2.05, 4.69) is 0 Å². The van der Waals surface area contributed by atoms with Crippen molar-refractivity contribution in [2.75, 3.05) is 0 Å². The number of aromatic carboxylic acids is 1. The number of carbonyl (C=O) groups is 1. The van der Waals surface area contributed by atoms with Gasteiger partial charge in [0.05, 0.1) is 5.52 Å². The predicted octanol–water partition coefficient (Wildman–Crippen LogP) is 1.47. The van der Waals surface area contributed by atoms with Gasteiger partial charge in [0.1, 0.15) is 12.2 Å². The zero-order valence-corrected chi connectivity index (χ0v) is 8.18. The highest BCUT2D eigenvalue weighted by Gasteiger charge is 2.11. The van der Waals surface area contributed by atoms with Gasteiger partial charge in [0.15, 0.2) is 0 Å². The summed E-state index contributed by atoms with van der Waals surface area (Å²) >= 11 is 0. The molecule has 0 saturated heterocycles. The number of nitrogens with zero attached hydrogens (tertiary/aromatic N) is 1. The van der Waals surface area contributed by atoms with Gasteiger partial charge in [0, 0.05) is 11.8 Å². The number of hydrogen-bond acceptors (Lipinski definition) is 2. The summed E-state index contributed by atoms with van der Waals surface area (Å²) in [6, 6.07) is 5.68. The smallest absolute Gasteiger partial charge is 0.341 e. The van der Waals surface area contributed by atoms with Crippen molar-refractivity contribution in [3.05, 3.63) is 51.9 Å². The molecule has 0 aliphatic heterocycles. The summed E-state index contributed by atoms with van der Waals surface area (Å²) in [5.74, 6) is -1.29. The molecule has 82 valence electrons. The largest absolute Gasteiger partial charge is 0.477 e. The van der Waals surface area contributed by atoms with E-state index in [-0.39, 0.29) is 5.56 Å². The number of rotatable bonds is 2. The van der Waals surface area contributed by atoms with E-state index in [9.17, 15) is 14.0 Å². The molecular weight excluding hydrogens is 213 g/mol. The second kappa shape index (κ2) is 3.77. The average molecular weight is 221 g/mol. The van der Waals surface area contributed by atoms with Gasteiger partial charge >= 0.3 is 5.97 Å². The molecule has 16 heavy (non-hydrogen) atoms. The Morgan fingerprint density at radius 3 is 2.75 bits per heavy atom. The number of carboxylic acid groups (broad SMARTS) is 1. The van der Waals surface area contributed by atoms with E-state index in [0.717, 1.165) is 4.40 Å². The molecule has 5 heteroatoms. The quantitative estimate of drug-likeness (QED) is 0.835. The maximum Gasteiger partial charge on any atom is 0.341 e. The first-order valence-corrected chi connectivity index (χ1v) is 4.57. The van der Waals surface area contributed by atoms with Crippen LogP contribution in [-0.4, -0.2) is 15.5 Å². The van der Waals surface area contributed by atoms with Crippen molar-refractivity contribution < 1.29 is 14.3 Å². The van der Waals surface area contributed by atoms with E-state index < -0.39 is 18.2 Å². The fraction of sp³-hybridized carbons (Fsp3) is 0.0909. The van der Waals surface area contributed by atoms with E-state index >= 15 is 0 Å². The SMILES string of the molecule is O=C(O)c1ccc2c(CF)cccn2c1=O. The maximum atomic E-state index is 12.6. The second-order valence-corrected chi connectivity index (χ2v) is 3.28. The van der Waals surface area contributed by atoms with Crippen molar-refractivity contribution in [1.29, 1.82) is 0 Å². The second-order valence-electron chi connectivity index (χ2n) is 3.28. The topological polar surface area (TPSA) is 58.8 Å². The Hall–Kier alpha value is -2.17. The van der Waals surface area contributed by atoms with Crippen LogP contribution in [0.15, 0.2) is 35.3 Å². The van der Waals surface area contributed by atoms with Crippen LogP contribution in [0.5, 0.6) is 0 Å². The Bertz CT molecular complexity index is 618. The summed E-state index contributed by atoms with van der Waals surface area (Å²) in [7, 11) is 0. The van der Waals surface area contributed by atoms with Gasteiger partial charge in [0.2, 0.25) is 0 Å². The molecule has 2 aromatic rings. The molecule has 0 aliphatic rings. The Kier molecular flexibility index (Phi) is 2.44. The van der Waals surface area contributed by atoms with E-state index in [1.807, 2.05) is 0 Å². The highest BCUT2D eigenvalue weighted by atomic mass is 19.1.